The van der Waals surface area contributed by atoms with Gasteiger partial charge in [-0.3, -0.25) is 4.79 Å². The molecule has 5 nitrogen and oxygen atoms in total. The molecule has 1 atom stereocenters. The highest BCUT2D eigenvalue weighted by atomic mass is 35.5. The van der Waals surface area contributed by atoms with Crippen molar-refractivity contribution in [2.45, 2.75) is 48.3 Å². The molecule has 8 heteroatoms. The number of hydrogen-bond donors (Lipinski definition) is 2. The van der Waals surface area contributed by atoms with Crippen LogP contribution in [0.4, 0.5) is 5.69 Å². The van der Waals surface area contributed by atoms with Crippen molar-refractivity contribution >= 4 is 45.0 Å². The Morgan fingerprint density at radius 1 is 1.11 bits per heavy atom. The van der Waals surface area contributed by atoms with Crippen molar-refractivity contribution in [2.24, 2.45) is 0 Å². The monoisotopic (exact) mass is 426 g/mol. The van der Waals surface area contributed by atoms with Crippen LogP contribution in [0.5, 0.6) is 0 Å². The Bertz CT molecular complexity index is 925. The first-order valence-corrected chi connectivity index (χ1v) is 11.1. The van der Waals surface area contributed by atoms with Gasteiger partial charge in [-0.15, -0.1) is 11.8 Å². The van der Waals surface area contributed by atoms with Crippen LogP contribution >= 0.6 is 23.4 Å². The SMILES string of the molecule is CC(Sc1ccccc1Cl)C(=O)Nc1cccc(S(=O)(=O)NC(C)(C)C)c1. The molecule has 0 aromatic heterocycles. The number of nitrogens with one attached hydrogen (secondary N) is 2. The maximum absolute atomic E-state index is 12.5. The van der Waals surface area contributed by atoms with E-state index in [0.29, 0.717) is 10.7 Å². The van der Waals surface area contributed by atoms with E-state index in [0.717, 1.165) is 4.90 Å². The summed E-state index contributed by atoms with van der Waals surface area (Å²) in [5.41, 5.74) is -0.179. The normalized spacial score (nSPS) is 13.2. The van der Waals surface area contributed by atoms with E-state index in [1.165, 1.54) is 23.9 Å². The Hall–Kier alpha value is -1.54. The lowest BCUT2D eigenvalue weighted by atomic mass is 10.1. The Balaban J connectivity index is 2.11. The Labute approximate surface area is 169 Å². The molecular formula is C19H23ClN2O3S2. The average Bonchev–Trinajstić information content (AvgIpc) is 2.55. The van der Waals surface area contributed by atoms with Gasteiger partial charge in [0.1, 0.15) is 0 Å². The fourth-order valence-electron chi connectivity index (χ4n) is 2.23. The maximum Gasteiger partial charge on any atom is 0.241 e. The molecule has 0 fully saturated rings. The van der Waals surface area contributed by atoms with Crippen LogP contribution in [0.25, 0.3) is 0 Å². The molecule has 0 saturated carbocycles. The van der Waals surface area contributed by atoms with Crippen molar-refractivity contribution in [3.05, 3.63) is 53.6 Å². The van der Waals surface area contributed by atoms with Crippen LogP contribution in [0, 0.1) is 0 Å². The van der Waals surface area contributed by atoms with Gasteiger partial charge in [-0.25, -0.2) is 13.1 Å². The molecule has 0 bridgehead atoms. The number of hydrogen-bond acceptors (Lipinski definition) is 4. The van der Waals surface area contributed by atoms with Gasteiger partial charge in [-0.2, -0.15) is 0 Å². The molecule has 0 radical (unpaired) electrons. The molecule has 2 rings (SSSR count). The molecule has 1 amide bonds. The first-order valence-electron chi connectivity index (χ1n) is 8.34. The van der Waals surface area contributed by atoms with E-state index in [-0.39, 0.29) is 10.8 Å². The largest absolute Gasteiger partial charge is 0.325 e. The van der Waals surface area contributed by atoms with Gasteiger partial charge in [0, 0.05) is 16.1 Å². The number of benzene rings is 2. The van der Waals surface area contributed by atoms with Gasteiger partial charge in [-0.05, 0) is 58.0 Å². The van der Waals surface area contributed by atoms with Crippen LogP contribution in [0.1, 0.15) is 27.7 Å². The van der Waals surface area contributed by atoms with Gasteiger partial charge in [0.15, 0.2) is 0 Å². The molecule has 0 aliphatic heterocycles. The molecule has 0 aliphatic rings. The van der Waals surface area contributed by atoms with Crippen molar-refractivity contribution in [1.29, 1.82) is 0 Å². The second-order valence-corrected chi connectivity index (χ2v) is 10.5. The van der Waals surface area contributed by atoms with E-state index in [1.54, 1.807) is 45.9 Å². The predicted octanol–water partition coefficient (Wildman–Crippen LogP) is 4.54. The zero-order valence-corrected chi connectivity index (χ0v) is 18.0. The van der Waals surface area contributed by atoms with Crippen LogP contribution in [0.3, 0.4) is 0 Å². The topological polar surface area (TPSA) is 75.3 Å². The summed E-state index contributed by atoms with van der Waals surface area (Å²) >= 11 is 7.47. The molecule has 146 valence electrons. The maximum atomic E-state index is 12.5. The van der Waals surface area contributed by atoms with E-state index in [1.807, 2.05) is 18.2 Å². The smallest absolute Gasteiger partial charge is 0.241 e. The average molecular weight is 427 g/mol. The van der Waals surface area contributed by atoms with E-state index in [9.17, 15) is 13.2 Å². The van der Waals surface area contributed by atoms with E-state index < -0.39 is 20.8 Å². The summed E-state index contributed by atoms with van der Waals surface area (Å²) in [7, 11) is -3.67. The Morgan fingerprint density at radius 2 is 1.78 bits per heavy atom. The third-order valence-electron chi connectivity index (χ3n) is 3.36. The molecule has 1 unspecified atom stereocenters. The molecule has 2 aromatic rings. The van der Waals surface area contributed by atoms with Gasteiger partial charge in [0.25, 0.3) is 0 Å². The minimum absolute atomic E-state index is 0.0987. The zero-order chi connectivity index (χ0) is 20.2. The molecule has 0 heterocycles. The Kier molecular flexibility index (Phi) is 6.97. The number of rotatable bonds is 6. The van der Waals surface area contributed by atoms with Gasteiger partial charge in [0.05, 0.1) is 15.2 Å². The summed E-state index contributed by atoms with van der Waals surface area (Å²) in [6.07, 6.45) is 0. The number of carbonyl (C=O) groups excluding carboxylic acids is 1. The van der Waals surface area contributed by atoms with Gasteiger partial charge in [-0.1, -0.05) is 29.8 Å². The van der Waals surface area contributed by atoms with Crippen molar-refractivity contribution in [3.8, 4) is 0 Å². The second kappa shape index (κ2) is 8.65. The molecule has 0 spiro atoms. The van der Waals surface area contributed by atoms with E-state index >= 15 is 0 Å². The quantitative estimate of drug-likeness (QED) is 0.665. The van der Waals surface area contributed by atoms with Crippen molar-refractivity contribution in [3.63, 3.8) is 0 Å². The summed E-state index contributed by atoms with van der Waals surface area (Å²) in [6.45, 7) is 7.07. The zero-order valence-electron chi connectivity index (χ0n) is 15.6. The standard InChI is InChI=1S/C19H23ClN2O3S2/c1-13(26-17-11-6-5-10-16(17)20)18(23)21-14-8-7-9-15(12-14)27(24,25)22-19(2,3)4/h5-13,22H,1-4H3,(H,21,23). The van der Waals surface area contributed by atoms with Crippen LogP contribution in [0.15, 0.2) is 58.3 Å². The minimum atomic E-state index is -3.67. The van der Waals surface area contributed by atoms with Crippen molar-refractivity contribution in [1.82, 2.24) is 4.72 Å². The van der Waals surface area contributed by atoms with Crippen LogP contribution < -0.4 is 10.0 Å². The lowest BCUT2D eigenvalue weighted by Crippen LogP contribution is -2.40. The van der Waals surface area contributed by atoms with Crippen molar-refractivity contribution < 1.29 is 13.2 Å². The van der Waals surface area contributed by atoms with Crippen LogP contribution in [0.2, 0.25) is 5.02 Å². The third kappa shape index (κ3) is 6.53. The number of thioether (sulfide) groups is 1. The molecule has 0 saturated heterocycles. The number of halogens is 1. The first kappa shape index (κ1) is 21.8. The second-order valence-electron chi connectivity index (χ2n) is 7.06. The summed E-state index contributed by atoms with van der Waals surface area (Å²) < 4.78 is 27.5. The first-order chi connectivity index (χ1) is 12.5. The predicted molar refractivity (Wildman–Crippen MR) is 112 cm³/mol. The lowest BCUT2D eigenvalue weighted by Gasteiger charge is -2.20. The van der Waals surface area contributed by atoms with Gasteiger partial charge >= 0.3 is 0 Å². The molecule has 27 heavy (non-hydrogen) atoms. The summed E-state index contributed by atoms with van der Waals surface area (Å²) in [5.74, 6) is -0.238. The number of carbonyl (C=O) groups is 1. The fourth-order valence-corrected chi connectivity index (χ4v) is 4.85. The third-order valence-corrected chi connectivity index (χ3v) is 6.74. The van der Waals surface area contributed by atoms with Crippen molar-refractivity contribution in [2.75, 3.05) is 5.32 Å². The van der Waals surface area contributed by atoms with Gasteiger partial charge in [0.2, 0.25) is 15.9 Å². The fraction of sp³-hybridized carbons (Fsp3) is 0.316. The van der Waals surface area contributed by atoms with Gasteiger partial charge < -0.3 is 5.32 Å². The molecular weight excluding hydrogens is 404 g/mol. The highest BCUT2D eigenvalue weighted by Gasteiger charge is 2.23. The summed E-state index contributed by atoms with van der Waals surface area (Å²) in [6, 6.07) is 13.5. The highest BCUT2D eigenvalue weighted by Crippen LogP contribution is 2.30. The molecule has 0 aliphatic carbocycles. The number of anilines is 1. The molecule has 2 aromatic carbocycles. The minimum Gasteiger partial charge on any atom is -0.325 e. The number of amides is 1. The summed E-state index contributed by atoms with van der Waals surface area (Å²) in [4.78, 5) is 13.4. The number of sulfonamides is 1. The van der Waals surface area contributed by atoms with Crippen LogP contribution in [-0.2, 0) is 14.8 Å². The summed E-state index contributed by atoms with van der Waals surface area (Å²) in [5, 5.41) is 2.94. The van der Waals surface area contributed by atoms with Crippen LogP contribution in [-0.4, -0.2) is 25.1 Å². The Morgan fingerprint density at radius 3 is 2.41 bits per heavy atom. The highest BCUT2D eigenvalue weighted by molar-refractivity contribution is 8.00. The molecule has 2 N–H and O–H groups in total. The van der Waals surface area contributed by atoms with E-state index in [4.69, 9.17) is 11.6 Å². The van der Waals surface area contributed by atoms with E-state index in [2.05, 4.69) is 10.0 Å². The lowest BCUT2D eigenvalue weighted by molar-refractivity contribution is -0.115.